The number of nitrogens with one attached hydrogen (secondary N) is 1. The molecule has 2 amide bonds. The number of carbonyl (C=O) groups is 2. The third-order valence-corrected chi connectivity index (χ3v) is 4.33. The molecule has 0 radical (unpaired) electrons. The van der Waals surface area contributed by atoms with Gasteiger partial charge in [-0.1, -0.05) is 28.8 Å². The van der Waals surface area contributed by atoms with E-state index >= 15 is 0 Å². The summed E-state index contributed by atoms with van der Waals surface area (Å²) < 4.78 is 0. The summed E-state index contributed by atoms with van der Waals surface area (Å²) in [5.41, 5.74) is 5.43. The standard InChI is InChI=1S/C14H26N3O2P/c1-3-4-5-6-7-11(16-20)14(19)17-9-8-10(2)12(17)13(15)18/h3,10-12,16H,1,4-9,20H2,2H3,(H2,15,18)/t10?,11-,12-/m0/s1. The first-order valence-corrected chi connectivity index (χ1v) is 7.77. The molecule has 1 fully saturated rings. The van der Waals surface area contributed by atoms with Gasteiger partial charge in [0.25, 0.3) is 0 Å². The number of amides is 2. The number of rotatable bonds is 8. The second kappa shape index (κ2) is 8.38. The van der Waals surface area contributed by atoms with E-state index in [1.54, 1.807) is 4.90 Å². The van der Waals surface area contributed by atoms with E-state index in [4.69, 9.17) is 5.73 Å². The van der Waals surface area contributed by atoms with Gasteiger partial charge in [0.05, 0.1) is 6.04 Å². The lowest BCUT2D eigenvalue weighted by molar-refractivity contribution is -0.139. The Bertz CT molecular complexity index is 362. The van der Waals surface area contributed by atoms with Crippen molar-refractivity contribution in [3.8, 4) is 0 Å². The van der Waals surface area contributed by atoms with E-state index in [0.717, 1.165) is 32.1 Å². The van der Waals surface area contributed by atoms with Crippen molar-refractivity contribution in [2.75, 3.05) is 6.54 Å². The van der Waals surface area contributed by atoms with Crippen molar-refractivity contribution in [2.45, 2.75) is 51.1 Å². The first-order valence-electron chi connectivity index (χ1n) is 7.19. The smallest absolute Gasteiger partial charge is 0.240 e. The highest BCUT2D eigenvalue weighted by Crippen LogP contribution is 2.25. The second-order valence-electron chi connectivity index (χ2n) is 5.44. The Morgan fingerprint density at radius 2 is 2.25 bits per heavy atom. The van der Waals surface area contributed by atoms with Crippen LogP contribution in [0.5, 0.6) is 0 Å². The van der Waals surface area contributed by atoms with Crippen LogP contribution in [0.4, 0.5) is 0 Å². The average Bonchev–Trinajstić information content (AvgIpc) is 2.80. The molecule has 5 nitrogen and oxygen atoms in total. The molecule has 1 saturated heterocycles. The van der Waals surface area contributed by atoms with E-state index in [1.807, 2.05) is 13.0 Å². The minimum absolute atomic E-state index is 0.0215. The van der Waals surface area contributed by atoms with Crippen LogP contribution in [-0.2, 0) is 9.59 Å². The maximum atomic E-state index is 12.5. The van der Waals surface area contributed by atoms with Crippen LogP contribution in [0.15, 0.2) is 12.7 Å². The number of carbonyl (C=O) groups excluding carboxylic acids is 2. The highest BCUT2D eigenvalue weighted by atomic mass is 31.0. The van der Waals surface area contributed by atoms with E-state index in [1.165, 1.54) is 0 Å². The van der Waals surface area contributed by atoms with E-state index in [-0.39, 0.29) is 17.9 Å². The zero-order chi connectivity index (χ0) is 15.1. The molecule has 1 aliphatic rings. The molecule has 20 heavy (non-hydrogen) atoms. The number of allylic oxidation sites excluding steroid dienone is 1. The Hall–Kier alpha value is -0.930. The lowest BCUT2D eigenvalue weighted by Gasteiger charge is -2.28. The highest BCUT2D eigenvalue weighted by Gasteiger charge is 2.39. The Morgan fingerprint density at radius 3 is 2.80 bits per heavy atom. The quantitative estimate of drug-likeness (QED) is 0.402. The summed E-state index contributed by atoms with van der Waals surface area (Å²) in [5.74, 6) is -0.286. The molecule has 0 aromatic heterocycles. The summed E-state index contributed by atoms with van der Waals surface area (Å²) in [4.78, 5) is 25.7. The SMILES string of the molecule is C=CCCCC[C@H](NP)C(=O)N1CCC(C)[C@H]1C(N)=O. The Balaban J connectivity index is 2.61. The lowest BCUT2D eigenvalue weighted by atomic mass is 10.0. The minimum atomic E-state index is -0.462. The predicted molar refractivity (Wildman–Crippen MR) is 83.8 cm³/mol. The number of likely N-dealkylation sites (tertiary alicyclic amines) is 1. The van der Waals surface area contributed by atoms with Crippen LogP contribution in [0, 0.1) is 5.92 Å². The Morgan fingerprint density at radius 1 is 1.55 bits per heavy atom. The van der Waals surface area contributed by atoms with E-state index in [9.17, 15) is 9.59 Å². The van der Waals surface area contributed by atoms with Crippen molar-refractivity contribution in [1.82, 2.24) is 9.99 Å². The van der Waals surface area contributed by atoms with Crippen molar-refractivity contribution in [3.05, 3.63) is 12.7 Å². The van der Waals surface area contributed by atoms with Crippen LogP contribution < -0.4 is 10.8 Å². The van der Waals surface area contributed by atoms with Crippen LogP contribution >= 0.6 is 9.39 Å². The summed E-state index contributed by atoms with van der Waals surface area (Å²) in [7, 11) is 2.40. The van der Waals surface area contributed by atoms with Crippen molar-refractivity contribution in [2.24, 2.45) is 11.7 Å². The van der Waals surface area contributed by atoms with E-state index < -0.39 is 11.9 Å². The van der Waals surface area contributed by atoms with Crippen molar-refractivity contribution < 1.29 is 9.59 Å². The zero-order valence-corrected chi connectivity index (χ0v) is 13.3. The van der Waals surface area contributed by atoms with Gasteiger partial charge in [0.15, 0.2) is 0 Å². The van der Waals surface area contributed by atoms with Crippen molar-refractivity contribution in [3.63, 3.8) is 0 Å². The average molecular weight is 299 g/mol. The molecule has 0 saturated carbocycles. The first kappa shape index (κ1) is 17.1. The second-order valence-corrected chi connectivity index (χ2v) is 5.77. The maximum absolute atomic E-state index is 12.5. The van der Waals surface area contributed by atoms with Gasteiger partial charge in [-0.3, -0.25) is 14.7 Å². The van der Waals surface area contributed by atoms with E-state index in [2.05, 4.69) is 21.1 Å². The summed E-state index contributed by atoms with van der Waals surface area (Å²) in [6.07, 6.45) is 6.41. The van der Waals surface area contributed by atoms with Gasteiger partial charge in [0.2, 0.25) is 11.8 Å². The Labute approximate surface area is 123 Å². The Kier molecular flexibility index (Phi) is 7.17. The molecule has 0 aromatic carbocycles. The molecule has 1 rings (SSSR count). The number of primary amides is 1. The van der Waals surface area contributed by atoms with Gasteiger partial charge >= 0.3 is 0 Å². The van der Waals surface area contributed by atoms with Gasteiger partial charge in [0.1, 0.15) is 6.04 Å². The molecule has 4 atom stereocenters. The maximum Gasteiger partial charge on any atom is 0.240 e. The molecule has 0 aromatic rings. The van der Waals surface area contributed by atoms with Gasteiger partial charge in [-0.2, -0.15) is 0 Å². The van der Waals surface area contributed by atoms with Crippen LogP contribution in [0.1, 0.15) is 39.0 Å². The summed E-state index contributed by atoms with van der Waals surface area (Å²) in [6.45, 7) is 6.27. The topological polar surface area (TPSA) is 75.4 Å². The fraction of sp³-hybridized carbons (Fsp3) is 0.714. The van der Waals surface area contributed by atoms with Crippen LogP contribution in [0.2, 0.25) is 0 Å². The molecule has 0 bridgehead atoms. The fourth-order valence-electron chi connectivity index (χ4n) is 2.74. The summed E-state index contributed by atoms with van der Waals surface area (Å²) >= 11 is 0. The first-order chi connectivity index (χ1) is 9.52. The molecule has 114 valence electrons. The number of nitrogens with zero attached hydrogens (tertiary/aromatic N) is 1. The molecular weight excluding hydrogens is 273 g/mol. The van der Waals surface area contributed by atoms with Crippen molar-refractivity contribution >= 4 is 21.2 Å². The molecule has 6 heteroatoms. The third-order valence-electron chi connectivity index (χ3n) is 3.93. The number of nitrogens with two attached hydrogens (primary N) is 1. The van der Waals surface area contributed by atoms with Gasteiger partial charge in [-0.05, 0) is 31.6 Å². The lowest BCUT2D eigenvalue weighted by Crippen LogP contribution is -2.51. The molecule has 0 aliphatic carbocycles. The summed E-state index contributed by atoms with van der Waals surface area (Å²) in [5, 5.41) is 2.98. The number of hydrogen-bond donors (Lipinski definition) is 2. The summed E-state index contributed by atoms with van der Waals surface area (Å²) in [6, 6.07) is -0.728. The molecule has 1 aliphatic heterocycles. The van der Waals surface area contributed by atoms with Crippen LogP contribution in [0.3, 0.4) is 0 Å². The predicted octanol–water partition coefficient (Wildman–Crippen LogP) is 1.20. The molecule has 2 unspecified atom stereocenters. The molecule has 3 N–H and O–H groups in total. The van der Waals surface area contributed by atoms with Gasteiger partial charge in [-0.25, -0.2) is 0 Å². The zero-order valence-electron chi connectivity index (χ0n) is 12.2. The van der Waals surface area contributed by atoms with Gasteiger partial charge in [0, 0.05) is 6.54 Å². The van der Waals surface area contributed by atoms with Crippen LogP contribution in [-0.4, -0.2) is 35.3 Å². The number of hydrogen-bond acceptors (Lipinski definition) is 3. The van der Waals surface area contributed by atoms with Crippen molar-refractivity contribution in [1.29, 1.82) is 0 Å². The molecule has 1 heterocycles. The van der Waals surface area contributed by atoms with E-state index in [0.29, 0.717) is 6.54 Å². The highest BCUT2D eigenvalue weighted by molar-refractivity contribution is 7.13. The normalized spacial score (nSPS) is 23.6. The monoisotopic (exact) mass is 299 g/mol. The van der Waals surface area contributed by atoms with Gasteiger partial charge in [-0.15, -0.1) is 6.58 Å². The molecular formula is C14H26N3O2P. The van der Waals surface area contributed by atoms with Gasteiger partial charge < -0.3 is 10.6 Å². The fourth-order valence-corrected chi connectivity index (χ4v) is 3.05. The van der Waals surface area contributed by atoms with Crippen LogP contribution in [0.25, 0.3) is 0 Å². The minimum Gasteiger partial charge on any atom is -0.368 e. The molecule has 0 spiro atoms. The number of unbranched alkanes of at least 4 members (excludes halogenated alkanes) is 2. The largest absolute Gasteiger partial charge is 0.368 e. The third kappa shape index (κ3) is 4.29.